The summed E-state index contributed by atoms with van der Waals surface area (Å²) < 4.78 is 15.5. The maximum atomic E-state index is 11.9. The normalized spacial score (nSPS) is 16.1. The van der Waals surface area contributed by atoms with E-state index in [1.807, 2.05) is 125 Å². The van der Waals surface area contributed by atoms with Crippen LogP contribution in [-0.4, -0.2) is 161 Å². The van der Waals surface area contributed by atoms with Crippen molar-refractivity contribution in [3.8, 4) is 121 Å². The van der Waals surface area contributed by atoms with Gasteiger partial charge in [0.1, 0.15) is 42.3 Å². The molecular weight excluding hydrogens is 1380 g/mol. The molecule has 26 heteroatoms. The maximum Gasteiger partial charge on any atom is 0.298 e. The topological polar surface area (TPSA) is 288 Å². The molecule has 2 unspecified atom stereocenters. The fraction of sp³-hybridized carbons (Fsp3) is 0.274. The average molecular weight is 1460 g/mol. The van der Waals surface area contributed by atoms with E-state index in [1.54, 1.807) is 59.5 Å². The third-order valence-corrected chi connectivity index (χ3v) is 20.8. The molecule has 1 aliphatic carbocycles. The van der Waals surface area contributed by atoms with Gasteiger partial charge in [-0.25, -0.2) is 28.5 Å². The number of benzene rings is 1. The Morgan fingerprint density at radius 3 is 1.32 bits per heavy atom. The number of aryl methyl sites for hydroxylation is 3. The molecule has 0 spiro atoms. The van der Waals surface area contributed by atoms with Crippen molar-refractivity contribution < 1.29 is 9.53 Å². The van der Waals surface area contributed by atoms with Gasteiger partial charge in [0, 0.05) is 219 Å². The van der Waals surface area contributed by atoms with Crippen molar-refractivity contribution in [2.45, 2.75) is 81.7 Å². The summed E-state index contributed by atoms with van der Waals surface area (Å²) in [6.45, 7) is 5.78. The van der Waals surface area contributed by atoms with Crippen LogP contribution in [0.15, 0.2) is 172 Å². The summed E-state index contributed by atoms with van der Waals surface area (Å²) in [4.78, 5) is 32.7. The molecule has 1 amide bonds. The number of fused-ring (bicyclic) bond motifs is 5. The van der Waals surface area contributed by atoms with E-state index in [2.05, 4.69) is 152 Å². The minimum Gasteiger partial charge on any atom is -0.372 e. The highest BCUT2D eigenvalue weighted by Gasteiger charge is 2.47. The van der Waals surface area contributed by atoms with Crippen molar-refractivity contribution in [1.29, 1.82) is 15.8 Å². The summed E-state index contributed by atoms with van der Waals surface area (Å²) in [5.74, 6) is 13.5. The van der Waals surface area contributed by atoms with E-state index in [0.717, 1.165) is 184 Å². The van der Waals surface area contributed by atoms with Crippen LogP contribution in [0.3, 0.4) is 0 Å². The summed E-state index contributed by atoms with van der Waals surface area (Å²) in [6.07, 6.45) is 45.2. The number of carbonyl (C=O) groups excluding carboxylic acids is 1. The predicted octanol–water partition coefficient (Wildman–Crippen LogP) is 10.1. The number of aromatic nitrogens is 15. The Kier molecular flexibility index (Phi) is 21.0. The number of ether oxygens (including phenoxy) is 1. The number of terminal acetylenes is 2. The number of piperidine rings is 3. The van der Waals surface area contributed by atoms with Crippen molar-refractivity contribution in [3.05, 3.63) is 200 Å². The Morgan fingerprint density at radius 1 is 0.491 bits per heavy atom. The van der Waals surface area contributed by atoms with Crippen LogP contribution in [0.4, 0.5) is 17.5 Å². The molecule has 12 aromatic heterocycles. The van der Waals surface area contributed by atoms with E-state index >= 15 is 0 Å². The Morgan fingerprint density at radius 2 is 0.936 bits per heavy atom. The van der Waals surface area contributed by atoms with E-state index in [4.69, 9.17) is 27.6 Å². The Balaban J connectivity index is 0.000000131. The van der Waals surface area contributed by atoms with Gasteiger partial charge in [0.25, 0.3) is 5.91 Å². The molecule has 2 atom stereocenters. The average Bonchev–Trinajstić information content (AvgIpc) is 0.995. The highest BCUT2D eigenvalue weighted by atomic mass is 16.5. The second-order valence-electron chi connectivity index (χ2n) is 27.9. The zero-order valence-electron chi connectivity index (χ0n) is 61.3. The number of nitrogens with zero attached hydrogens (tertiary/aromatic N) is 21. The number of hydrogen-bond donors (Lipinski definition) is 3. The molecule has 4 aliphatic heterocycles. The first-order valence-electron chi connectivity index (χ1n) is 36.4. The Hall–Kier alpha value is -13.7. The molecule has 2 bridgehead atoms. The van der Waals surface area contributed by atoms with Gasteiger partial charge in [-0.15, -0.1) is 12.8 Å². The number of anilines is 3. The highest BCUT2D eigenvalue weighted by Crippen LogP contribution is 2.41. The van der Waals surface area contributed by atoms with Crippen molar-refractivity contribution in [2.24, 2.45) is 21.1 Å². The van der Waals surface area contributed by atoms with Gasteiger partial charge in [-0.3, -0.25) is 18.8 Å². The SMILES string of the molecule is C#CC(=O)N1C2CC(Nc3ccc(-c4cc(-c5cnn(C)c5)cn5ncc(C#N)c45)cn3)CC1C2.C#Cc1ccc(CNC2CCN(c3ccc(-c4cc(-c5cnn(C)c5)cn5ncc(C#N)c45)cn3)CC2)cc1.COCC#CCNC1CCN(c2ccc(-c3cc(-c4cnn(C)c4)cn4ncc(C#N)c34)cn2)CC1. The molecular formula is C84H78N24O2. The summed E-state index contributed by atoms with van der Waals surface area (Å²) in [7, 11) is 7.31. The van der Waals surface area contributed by atoms with Crippen LogP contribution in [0.2, 0.25) is 0 Å². The van der Waals surface area contributed by atoms with Crippen molar-refractivity contribution >= 4 is 39.9 Å². The fourth-order valence-electron chi connectivity index (χ4n) is 15.2. The number of nitrogens with one attached hydrogen (secondary N) is 3. The van der Waals surface area contributed by atoms with Gasteiger partial charge in [-0.2, -0.15) is 46.4 Å². The largest absolute Gasteiger partial charge is 0.372 e. The van der Waals surface area contributed by atoms with Crippen LogP contribution in [-0.2, 0) is 37.2 Å². The molecule has 1 saturated carbocycles. The maximum absolute atomic E-state index is 11.9. The number of pyridine rings is 6. The van der Waals surface area contributed by atoms with Crippen LogP contribution in [0.1, 0.15) is 72.8 Å². The fourth-order valence-corrected chi connectivity index (χ4v) is 15.2. The zero-order valence-corrected chi connectivity index (χ0v) is 61.3. The van der Waals surface area contributed by atoms with Crippen LogP contribution >= 0.6 is 0 Å². The van der Waals surface area contributed by atoms with Gasteiger partial charge >= 0.3 is 0 Å². The first kappa shape index (κ1) is 71.9. The highest BCUT2D eigenvalue weighted by molar-refractivity contribution is 5.94. The van der Waals surface area contributed by atoms with Gasteiger partial charge in [0.05, 0.1) is 77.0 Å². The number of rotatable bonds is 16. The van der Waals surface area contributed by atoms with E-state index < -0.39 is 0 Å². The van der Waals surface area contributed by atoms with E-state index in [9.17, 15) is 20.6 Å². The number of hydrogen-bond acceptors (Lipinski definition) is 19. The molecule has 0 radical (unpaired) electrons. The van der Waals surface area contributed by atoms with Gasteiger partial charge < -0.3 is 35.4 Å². The van der Waals surface area contributed by atoms with Gasteiger partial charge in [0.15, 0.2) is 0 Å². The van der Waals surface area contributed by atoms with E-state index in [1.165, 1.54) is 5.56 Å². The minimum absolute atomic E-state index is 0.205. The second kappa shape index (κ2) is 32.2. The third-order valence-electron chi connectivity index (χ3n) is 20.8. The van der Waals surface area contributed by atoms with Gasteiger partial charge in [0.2, 0.25) is 0 Å². The molecule has 18 rings (SSSR count). The standard InChI is InChI=1S/C31H28N8.C27H28N8O.C26H22N8O/c1-3-22-4-6-23(7-5-22)16-33-28-10-12-38(13-11-28)30-9-8-24(17-34-30)29-14-25(27-19-35-37(2)20-27)21-39-31(29)26(15-32)18-36-39;1-33-18-23(17-31-33)21-13-25(27-22(14-28)16-32-35(27)19-21)20-5-6-26(30-15-20)34-10-7-24(8-11-34)29-9-3-4-12-36-2;1-3-25(35)34-21-7-20(8-22(34)9-21)31-24-5-4-16(11-28-24)23-6-17(19-13-29-32(2)14-19)15-33-26(23)18(10-27)12-30-33/h1,4-9,14,17-21,28,33H,10-13,16H2,2H3;5-6,13,15-19,24,29H,7-12H2,1-2H3;1,4-6,11-15,20-22H,7-9H2,2H3,(H,28,31). The van der Waals surface area contributed by atoms with E-state index in [0.29, 0.717) is 41.9 Å². The third kappa shape index (κ3) is 15.5. The number of amides is 1. The van der Waals surface area contributed by atoms with Crippen LogP contribution in [0, 0.1) is 70.5 Å². The summed E-state index contributed by atoms with van der Waals surface area (Å²) in [6, 6.07) is 35.0. The molecule has 1 aromatic carbocycles. The van der Waals surface area contributed by atoms with Crippen LogP contribution in [0.25, 0.3) is 83.3 Å². The monoisotopic (exact) mass is 1450 g/mol. The van der Waals surface area contributed by atoms with Gasteiger partial charge in [-0.1, -0.05) is 29.9 Å². The smallest absolute Gasteiger partial charge is 0.298 e. The molecule has 3 N–H and O–H groups in total. The number of nitriles is 3. The van der Waals surface area contributed by atoms with Crippen molar-refractivity contribution in [1.82, 2.24) is 88.7 Å². The number of methoxy groups -OCH3 is 1. The molecule has 546 valence electrons. The predicted molar refractivity (Wildman–Crippen MR) is 420 cm³/mol. The summed E-state index contributed by atoms with van der Waals surface area (Å²) >= 11 is 0. The zero-order chi connectivity index (χ0) is 75.8. The second-order valence-corrected chi connectivity index (χ2v) is 27.9. The molecule has 5 fully saturated rings. The lowest BCUT2D eigenvalue weighted by molar-refractivity contribution is -0.142. The molecule has 5 aliphatic rings. The lowest BCUT2D eigenvalue weighted by Crippen LogP contribution is -2.64. The molecule has 13 aromatic rings. The van der Waals surface area contributed by atoms with E-state index in [-0.39, 0.29) is 24.0 Å². The first-order valence-corrected chi connectivity index (χ1v) is 36.4. The molecule has 4 saturated heterocycles. The van der Waals surface area contributed by atoms with Crippen LogP contribution < -0.4 is 25.8 Å². The molecule has 26 nitrogen and oxygen atoms in total. The van der Waals surface area contributed by atoms with Crippen molar-refractivity contribution in [3.63, 3.8) is 0 Å². The quantitative estimate of drug-likeness (QED) is 0.0758. The Bertz CT molecular complexity index is 5790. The summed E-state index contributed by atoms with van der Waals surface area (Å²) in [5, 5.41) is 65.8. The summed E-state index contributed by atoms with van der Waals surface area (Å²) in [5.41, 5.74) is 17.4. The number of carbonyl (C=O) groups is 1. The van der Waals surface area contributed by atoms with Crippen molar-refractivity contribution in [2.75, 3.05) is 61.6 Å². The lowest BCUT2D eigenvalue weighted by atomic mass is 9.76. The lowest BCUT2D eigenvalue weighted by Gasteiger charge is -2.54. The van der Waals surface area contributed by atoms with Gasteiger partial charge in [-0.05, 0) is 123 Å². The van der Waals surface area contributed by atoms with Crippen LogP contribution in [0.5, 0.6) is 0 Å². The Labute approximate surface area is 636 Å². The first-order chi connectivity index (χ1) is 53.8. The molecule has 110 heavy (non-hydrogen) atoms. The minimum atomic E-state index is -0.205. The molecule has 16 heterocycles.